The summed E-state index contributed by atoms with van der Waals surface area (Å²) in [6, 6.07) is 20.5. The van der Waals surface area contributed by atoms with Crippen molar-refractivity contribution in [2.24, 2.45) is 5.73 Å². The number of carbonyl (C=O) groups is 5. The summed E-state index contributed by atoms with van der Waals surface area (Å²) in [4.78, 5) is 61.7. The number of amides is 3. The van der Waals surface area contributed by atoms with Crippen molar-refractivity contribution in [1.82, 2.24) is 15.6 Å². The highest BCUT2D eigenvalue weighted by molar-refractivity contribution is 5.88. The number of primary amides is 1. The Morgan fingerprint density at radius 1 is 0.826 bits per heavy atom. The Kier molecular flexibility index (Phi) is 14.7. The quantitative estimate of drug-likeness (QED) is 0.133. The molecule has 15 heteroatoms. The highest BCUT2D eigenvalue weighted by atomic mass is 19.4. The molecule has 7 N–H and O–H groups in total. The summed E-state index contributed by atoms with van der Waals surface area (Å²) in [6.45, 7) is 0.502. The number of nitrogens with zero attached hydrogens (tertiary/aromatic N) is 1. The van der Waals surface area contributed by atoms with Crippen molar-refractivity contribution >= 4 is 35.5 Å². The number of nitrogens with two attached hydrogens (primary N) is 1. The first-order valence-corrected chi connectivity index (χ1v) is 14.0. The largest absolute Gasteiger partial charge is 0.490 e. The highest BCUT2D eigenvalue weighted by Gasteiger charge is 2.38. The molecule has 46 heavy (non-hydrogen) atoms. The monoisotopic (exact) mass is 645 g/mol. The van der Waals surface area contributed by atoms with Crippen molar-refractivity contribution in [3.63, 3.8) is 0 Å². The van der Waals surface area contributed by atoms with E-state index in [2.05, 4.69) is 20.9 Å². The maximum absolute atomic E-state index is 13.2. The predicted octanol–water partition coefficient (Wildman–Crippen LogP) is 3.66. The Bertz CT molecular complexity index is 1440. The maximum Gasteiger partial charge on any atom is 0.490 e. The Morgan fingerprint density at radius 3 is 1.98 bits per heavy atom. The standard InChI is InChI=1S/C29H33N5O5.C2HF3O2/c30-25(35)16-15-23(33-27(36)10-6-18-32-26-9-4-5-17-31-26)29(39)34-24(19-28(37)38)22-13-11-21(12-14-22)20-7-2-1-3-8-20;3-2(4,5)1(6)7/h1-5,7-9,11-14,17,23-24H,6,10,15-16,18-19H2,(H2,30,35)(H,31,32)(H,33,36)(H,34,39)(H,37,38);(H,6,7)/t23-,24?;/m0./s1. The van der Waals surface area contributed by atoms with Crippen molar-refractivity contribution in [3.8, 4) is 11.1 Å². The minimum absolute atomic E-state index is 0.00811. The fourth-order valence-corrected chi connectivity index (χ4v) is 3.99. The SMILES string of the molecule is NC(=O)CC[C@H](NC(=O)CCCNc1ccccn1)C(=O)NC(CC(=O)O)c1ccc(-c2ccccc2)cc1.O=C(O)C(F)(F)F. The van der Waals surface area contributed by atoms with Gasteiger partial charge in [-0.3, -0.25) is 19.2 Å². The Morgan fingerprint density at radius 2 is 1.43 bits per heavy atom. The first kappa shape index (κ1) is 36.7. The zero-order chi connectivity index (χ0) is 34.1. The molecule has 0 aliphatic rings. The molecule has 0 bridgehead atoms. The van der Waals surface area contributed by atoms with Crippen LogP contribution in [-0.2, 0) is 24.0 Å². The molecule has 246 valence electrons. The van der Waals surface area contributed by atoms with E-state index in [1.807, 2.05) is 54.6 Å². The fourth-order valence-electron chi connectivity index (χ4n) is 3.99. The van der Waals surface area contributed by atoms with Gasteiger partial charge in [-0.15, -0.1) is 0 Å². The van der Waals surface area contributed by atoms with Gasteiger partial charge in [0.05, 0.1) is 12.5 Å². The first-order valence-electron chi connectivity index (χ1n) is 14.0. The minimum Gasteiger partial charge on any atom is -0.481 e. The van der Waals surface area contributed by atoms with Gasteiger partial charge in [-0.25, -0.2) is 9.78 Å². The van der Waals surface area contributed by atoms with E-state index in [9.17, 15) is 37.5 Å². The van der Waals surface area contributed by atoms with Crippen LogP contribution < -0.4 is 21.7 Å². The van der Waals surface area contributed by atoms with Gasteiger partial charge in [-0.05, 0) is 41.7 Å². The van der Waals surface area contributed by atoms with Gasteiger partial charge in [0, 0.05) is 25.6 Å². The molecule has 1 aromatic heterocycles. The molecule has 0 aliphatic carbocycles. The molecule has 12 nitrogen and oxygen atoms in total. The number of hydrogen-bond acceptors (Lipinski definition) is 7. The summed E-state index contributed by atoms with van der Waals surface area (Å²) in [5.74, 6) is -4.73. The van der Waals surface area contributed by atoms with Gasteiger partial charge in [0.25, 0.3) is 0 Å². The van der Waals surface area contributed by atoms with Crippen molar-refractivity contribution in [2.75, 3.05) is 11.9 Å². The van der Waals surface area contributed by atoms with E-state index in [-0.39, 0.29) is 31.6 Å². The van der Waals surface area contributed by atoms with Crippen LogP contribution in [0.1, 0.15) is 43.7 Å². The molecule has 3 amide bonds. The number of pyridine rings is 1. The van der Waals surface area contributed by atoms with Gasteiger partial charge in [-0.1, -0.05) is 60.7 Å². The summed E-state index contributed by atoms with van der Waals surface area (Å²) in [5, 5.41) is 25.1. The molecule has 0 saturated carbocycles. The third-order valence-corrected chi connectivity index (χ3v) is 6.24. The van der Waals surface area contributed by atoms with Crippen molar-refractivity contribution in [2.45, 2.75) is 50.4 Å². The molecule has 0 radical (unpaired) electrons. The normalized spacial score (nSPS) is 12.0. The van der Waals surface area contributed by atoms with Crippen molar-refractivity contribution in [1.29, 1.82) is 0 Å². The Hall–Kier alpha value is -5.47. The lowest BCUT2D eigenvalue weighted by atomic mass is 9.98. The number of carbonyl (C=O) groups excluding carboxylic acids is 3. The summed E-state index contributed by atoms with van der Waals surface area (Å²) in [5.41, 5.74) is 7.83. The second kappa shape index (κ2) is 18.4. The van der Waals surface area contributed by atoms with Crippen LogP contribution in [0.4, 0.5) is 19.0 Å². The number of anilines is 1. The molecule has 2 atom stereocenters. The lowest BCUT2D eigenvalue weighted by Crippen LogP contribution is -2.48. The number of aromatic nitrogens is 1. The number of carboxylic acids is 2. The van der Waals surface area contributed by atoms with Crippen LogP contribution in [0.2, 0.25) is 0 Å². The number of nitrogens with one attached hydrogen (secondary N) is 3. The number of alkyl halides is 3. The number of hydrogen-bond donors (Lipinski definition) is 6. The van der Waals surface area contributed by atoms with Crippen molar-refractivity contribution < 1.29 is 47.4 Å². The second-order valence-corrected chi connectivity index (χ2v) is 9.82. The molecule has 0 fully saturated rings. The summed E-state index contributed by atoms with van der Waals surface area (Å²) >= 11 is 0. The third-order valence-electron chi connectivity index (χ3n) is 6.24. The second-order valence-electron chi connectivity index (χ2n) is 9.82. The first-order chi connectivity index (χ1) is 21.8. The van der Waals surface area contributed by atoms with Crippen molar-refractivity contribution in [3.05, 3.63) is 84.6 Å². The molecular weight excluding hydrogens is 611 g/mol. The van der Waals surface area contributed by atoms with Crippen LogP contribution in [0.25, 0.3) is 11.1 Å². The van der Waals surface area contributed by atoms with Gasteiger partial charge in [0.2, 0.25) is 17.7 Å². The number of aliphatic carboxylic acids is 2. The molecular formula is C31H34F3N5O7. The number of benzene rings is 2. The van der Waals surface area contributed by atoms with Gasteiger partial charge >= 0.3 is 18.1 Å². The number of rotatable bonds is 15. The summed E-state index contributed by atoms with van der Waals surface area (Å²) in [7, 11) is 0. The Balaban J connectivity index is 0.000000942. The molecule has 0 spiro atoms. The van der Waals surface area contributed by atoms with Gasteiger partial charge in [0.15, 0.2) is 0 Å². The Labute approximate surface area is 262 Å². The maximum atomic E-state index is 13.2. The average molecular weight is 646 g/mol. The topological polar surface area (TPSA) is 201 Å². The van der Waals surface area contributed by atoms with E-state index in [1.54, 1.807) is 24.4 Å². The lowest BCUT2D eigenvalue weighted by molar-refractivity contribution is -0.192. The zero-order valence-electron chi connectivity index (χ0n) is 24.5. The van der Waals surface area contributed by atoms with Crippen LogP contribution in [0.15, 0.2) is 79.0 Å². The average Bonchev–Trinajstić information content (AvgIpc) is 3.01. The van der Waals surface area contributed by atoms with E-state index in [1.165, 1.54) is 0 Å². The molecule has 1 heterocycles. The number of halogens is 3. The van der Waals surface area contributed by atoms with E-state index >= 15 is 0 Å². The van der Waals surface area contributed by atoms with Gasteiger partial charge < -0.3 is 31.9 Å². The van der Waals surface area contributed by atoms with Crippen LogP contribution >= 0.6 is 0 Å². The number of carboxylic acid groups (broad SMARTS) is 2. The lowest BCUT2D eigenvalue weighted by Gasteiger charge is -2.23. The summed E-state index contributed by atoms with van der Waals surface area (Å²) in [6.07, 6.45) is -3.28. The van der Waals surface area contributed by atoms with E-state index in [0.717, 1.165) is 11.1 Å². The zero-order valence-corrected chi connectivity index (χ0v) is 24.5. The molecule has 0 aliphatic heterocycles. The third kappa shape index (κ3) is 13.9. The van der Waals surface area contributed by atoms with Crippen LogP contribution in [0.5, 0.6) is 0 Å². The highest BCUT2D eigenvalue weighted by Crippen LogP contribution is 2.24. The van der Waals surface area contributed by atoms with Crippen LogP contribution in [0.3, 0.4) is 0 Å². The van der Waals surface area contributed by atoms with Gasteiger partial charge in [-0.2, -0.15) is 13.2 Å². The molecule has 0 saturated heterocycles. The molecule has 2 aromatic carbocycles. The van der Waals surface area contributed by atoms with E-state index in [0.29, 0.717) is 24.3 Å². The van der Waals surface area contributed by atoms with Gasteiger partial charge in [0.1, 0.15) is 11.9 Å². The predicted molar refractivity (Wildman–Crippen MR) is 161 cm³/mol. The smallest absolute Gasteiger partial charge is 0.481 e. The van der Waals surface area contributed by atoms with E-state index < -0.39 is 42.0 Å². The fraction of sp³-hybridized carbons (Fsp3) is 0.290. The molecule has 1 unspecified atom stereocenters. The van der Waals surface area contributed by atoms with E-state index in [4.69, 9.17) is 15.6 Å². The summed E-state index contributed by atoms with van der Waals surface area (Å²) < 4.78 is 31.7. The molecule has 3 rings (SSSR count). The van der Waals surface area contributed by atoms with Crippen LogP contribution in [0, 0.1) is 0 Å². The minimum atomic E-state index is -5.08. The molecule has 3 aromatic rings. The van der Waals surface area contributed by atoms with Crippen LogP contribution in [-0.4, -0.2) is 63.6 Å².